The predicted molar refractivity (Wildman–Crippen MR) is 108 cm³/mol. The maximum Gasteiger partial charge on any atom is 0.184 e. The Hall–Kier alpha value is 0.447. The summed E-state index contributed by atoms with van der Waals surface area (Å²) in [6.07, 6.45) is 8.58. The molecular weight excluding hydrogens is 344 g/mol. The van der Waals surface area contributed by atoms with Crippen molar-refractivity contribution in [3.05, 3.63) is 30.3 Å². The molecule has 1 fully saturated rings. The van der Waals surface area contributed by atoms with E-state index in [1.54, 1.807) is 0 Å². The molecule has 0 bridgehead atoms. The number of hydrogen-bond donors (Lipinski definition) is 0. The van der Waals surface area contributed by atoms with Crippen molar-refractivity contribution in [2.45, 2.75) is 59.2 Å². The number of hydrogen-bond acceptors (Lipinski definition) is 4. The van der Waals surface area contributed by atoms with Crippen molar-refractivity contribution < 1.29 is 4.43 Å². The summed E-state index contributed by atoms with van der Waals surface area (Å²) in [5.74, 6) is 0. The molecule has 1 aliphatic rings. The van der Waals surface area contributed by atoms with Crippen LogP contribution in [-0.4, -0.2) is 36.3 Å². The van der Waals surface area contributed by atoms with Crippen molar-refractivity contribution in [2.24, 2.45) is 0 Å². The third kappa shape index (κ3) is 5.51. The first-order valence-corrected chi connectivity index (χ1v) is 14.6. The fourth-order valence-corrected chi connectivity index (χ4v) is 7.90. The molecule has 2 atom stereocenters. The Kier molecular flexibility index (Phi) is 6.84. The van der Waals surface area contributed by atoms with Gasteiger partial charge in [0.1, 0.15) is 0 Å². The van der Waals surface area contributed by atoms with E-state index in [-0.39, 0.29) is 0 Å². The molecule has 0 saturated heterocycles. The second-order valence-electron chi connectivity index (χ2n) is 6.87. The van der Waals surface area contributed by atoms with E-state index in [1.165, 1.54) is 24.2 Å². The summed E-state index contributed by atoms with van der Waals surface area (Å²) in [5, 5.41) is 0.650. The van der Waals surface area contributed by atoms with Gasteiger partial charge in [0.25, 0.3) is 0 Å². The van der Waals surface area contributed by atoms with E-state index in [9.17, 15) is 0 Å². The molecule has 0 spiro atoms. The summed E-state index contributed by atoms with van der Waals surface area (Å²) in [6.45, 7) is 6.92. The minimum absolute atomic E-state index is 0.314. The molecule has 0 heterocycles. The maximum atomic E-state index is 6.50. The van der Waals surface area contributed by atoms with E-state index in [1.807, 2.05) is 35.3 Å². The summed E-state index contributed by atoms with van der Waals surface area (Å²) in [7, 11) is -1.48. The highest BCUT2D eigenvalue weighted by molar-refractivity contribution is 8.17. The van der Waals surface area contributed by atoms with E-state index in [0.717, 1.165) is 0 Å². The van der Waals surface area contributed by atoms with Crippen molar-refractivity contribution in [1.82, 2.24) is 0 Å². The SMILES string of the molecule is CSC1(SC)CC(O[Si](C)(C)C)CC(Sc2ccccc2)C1. The molecule has 1 nitrogen and oxygen atoms in total. The first-order valence-electron chi connectivity index (χ1n) is 7.86. The van der Waals surface area contributed by atoms with Gasteiger partial charge in [0.05, 0.1) is 4.08 Å². The van der Waals surface area contributed by atoms with Gasteiger partial charge in [0, 0.05) is 16.2 Å². The molecule has 0 radical (unpaired) electrons. The Morgan fingerprint density at radius 2 is 1.68 bits per heavy atom. The van der Waals surface area contributed by atoms with Gasteiger partial charge < -0.3 is 4.43 Å². The van der Waals surface area contributed by atoms with Crippen LogP contribution in [0.2, 0.25) is 19.6 Å². The van der Waals surface area contributed by atoms with Gasteiger partial charge in [-0.2, -0.15) is 0 Å². The molecule has 1 aromatic rings. The molecule has 2 unspecified atom stereocenters. The van der Waals surface area contributed by atoms with Gasteiger partial charge in [-0.15, -0.1) is 35.3 Å². The topological polar surface area (TPSA) is 9.23 Å². The second-order valence-corrected chi connectivity index (χ2v) is 15.3. The van der Waals surface area contributed by atoms with Gasteiger partial charge in [-0.3, -0.25) is 0 Å². The van der Waals surface area contributed by atoms with E-state index < -0.39 is 8.32 Å². The fraction of sp³-hybridized carbons (Fsp3) is 0.647. The van der Waals surface area contributed by atoms with Crippen LogP contribution in [0.3, 0.4) is 0 Å². The van der Waals surface area contributed by atoms with Gasteiger partial charge >= 0.3 is 0 Å². The average molecular weight is 373 g/mol. The van der Waals surface area contributed by atoms with Crippen molar-refractivity contribution in [2.75, 3.05) is 12.5 Å². The van der Waals surface area contributed by atoms with Crippen molar-refractivity contribution in [1.29, 1.82) is 0 Å². The van der Waals surface area contributed by atoms with Crippen LogP contribution >= 0.6 is 35.3 Å². The van der Waals surface area contributed by atoms with Gasteiger partial charge in [-0.25, -0.2) is 0 Å². The van der Waals surface area contributed by atoms with Crippen molar-refractivity contribution in [3.8, 4) is 0 Å². The standard InChI is InChI=1S/C17H28OS3Si/c1-19-17(20-2)12-14(18-22(3,4)5)11-16(13-17)21-15-9-7-6-8-10-15/h6-10,14,16H,11-13H2,1-5H3. The number of benzene rings is 1. The Labute approximate surface area is 149 Å². The van der Waals surface area contributed by atoms with Crippen LogP contribution in [0.1, 0.15) is 19.3 Å². The molecule has 22 heavy (non-hydrogen) atoms. The summed E-state index contributed by atoms with van der Waals surface area (Å²) < 4.78 is 6.82. The van der Waals surface area contributed by atoms with Gasteiger partial charge in [0.2, 0.25) is 0 Å². The monoisotopic (exact) mass is 372 g/mol. The third-order valence-electron chi connectivity index (χ3n) is 3.91. The quantitative estimate of drug-likeness (QED) is 0.449. The van der Waals surface area contributed by atoms with E-state index >= 15 is 0 Å². The van der Waals surface area contributed by atoms with E-state index in [0.29, 0.717) is 15.4 Å². The largest absolute Gasteiger partial charge is 0.415 e. The molecule has 0 amide bonds. The summed E-state index contributed by atoms with van der Waals surface area (Å²) in [4.78, 5) is 1.39. The predicted octanol–water partition coefficient (Wildman–Crippen LogP) is 5.97. The van der Waals surface area contributed by atoms with Gasteiger partial charge in [-0.1, -0.05) is 18.2 Å². The van der Waals surface area contributed by atoms with Crippen molar-refractivity contribution >= 4 is 43.6 Å². The Balaban J connectivity index is 2.11. The molecule has 1 aromatic carbocycles. The van der Waals surface area contributed by atoms with E-state index in [4.69, 9.17) is 4.43 Å². The minimum atomic E-state index is -1.48. The lowest BCUT2D eigenvalue weighted by Crippen LogP contribution is -2.43. The zero-order valence-electron chi connectivity index (χ0n) is 14.3. The van der Waals surface area contributed by atoms with Crippen LogP contribution in [0, 0.1) is 0 Å². The van der Waals surface area contributed by atoms with Crippen LogP contribution in [0.4, 0.5) is 0 Å². The van der Waals surface area contributed by atoms with Crippen LogP contribution in [0.25, 0.3) is 0 Å². The molecule has 0 aliphatic heterocycles. The Bertz CT molecular complexity index is 457. The normalized spacial score (nSPS) is 25.1. The van der Waals surface area contributed by atoms with Crippen LogP contribution in [0.5, 0.6) is 0 Å². The molecule has 2 rings (SSSR count). The van der Waals surface area contributed by atoms with Crippen LogP contribution in [0.15, 0.2) is 35.2 Å². The molecule has 1 saturated carbocycles. The highest BCUT2D eigenvalue weighted by Crippen LogP contribution is 2.50. The van der Waals surface area contributed by atoms with Gasteiger partial charge in [0.15, 0.2) is 8.32 Å². The van der Waals surface area contributed by atoms with Gasteiger partial charge in [-0.05, 0) is 63.5 Å². The third-order valence-corrected chi connectivity index (χ3v) is 9.35. The number of rotatable bonds is 6. The average Bonchev–Trinajstić information content (AvgIpc) is 2.46. The molecular formula is C17H28OS3Si. The zero-order chi connectivity index (χ0) is 16.2. The lowest BCUT2D eigenvalue weighted by atomic mass is 9.96. The summed E-state index contributed by atoms with van der Waals surface area (Å²) in [6, 6.07) is 10.8. The smallest absolute Gasteiger partial charge is 0.184 e. The van der Waals surface area contributed by atoms with E-state index in [2.05, 4.69) is 62.5 Å². The fourth-order valence-electron chi connectivity index (χ4n) is 3.02. The first-order chi connectivity index (χ1) is 10.4. The first kappa shape index (κ1) is 18.8. The molecule has 0 N–H and O–H groups in total. The van der Waals surface area contributed by atoms with Crippen LogP contribution < -0.4 is 0 Å². The second kappa shape index (κ2) is 8.02. The summed E-state index contributed by atoms with van der Waals surface area (Å²) in [5.41, 5.74) is 0. The molecule has 1 aliphatic carbocycles. The summed E-state index contributed by atoms with van der Waals surface area (Å²) >= 11 is 6.08. The molecule has 124 valence electrons. The Morgan fingerprint density at radius 3 is 2.23 bits per heavy atom. The minimum Gasteiger partial charge on any atom is -0.415 e. The lowest BCUT2D eigenvalue weighted by molar-refractivity contribution is 0.149. The van der Waals surface area contributed by atoms with Crippen molar-refractivity contribution in [3.63, 3.8) is 0 Å². The van der Waals surface area contributed by atoms with Crippen LogP contribution in [-0.2, 0) is 4.43 Å². The highest BCUT2D eigenvalue weighted by atomic mass is 32.2. The lowest BCUT2D eigenvalue weighted by Gasteiger charge is -2.44. The zero-order valence-corrected chi connectivity index (χ0v) is 17.7. The molecule has 5 heteroatoms. The maximum absolute atomic E-state index is 6.50. The Morgan fingerprint density at radius 1 is 1.05 bits per heavy atom. The highest BCUT2D eigenvalue weighted by Gasteiger charge is 2.41. The number of thioether (sulfide) groups is 3. The molecule has 0 aromatic heterocycles.